The van der Waals surface area contributed by atoms with Crippen molar-refractivity contribution in [1.82, 2.24) is 15.1 Å². The lowest BCUT2D eigenvalue weighted by Gasteiger charge is -2.40. The number of nitrogens with one attached hydrogen (secondary N) is 1. The first-order valence-electron chi connectivity index (χ1n) is 9.86. The number of nitrogens with zero attached hydrogens (tertiary/aromatic N) is 2. The van der Waals surface area contributed by atoms with Crippen LogP contribution < -0.4 is 14.8 Å². The summed E-state index contributed by atoms with van der Waals surface area (Å²) in [6.07, 6.45) is 1.81. The number of likely N-dealkylation sites (tertiary alicyclic amines) is 1. The zero-order chi connectivity index (χ0) is 20.7. The summed E-state index contributed by atoms with van der Waals surface area (Å²) in [5.74, 6) is 1.06. The number of hydrogen-bond acceptors (Lipinski definition) is 5. The molecule has 1 heterocycles. The van der Waals surface area contributed by atoms with E-state index in [9.17, 15) is 9.59 Å². The molecule has 0 bridgehead atoms. The van der Waals surface area contributed by atoms with Gasteiger partial charge in [0.05, 0.1) is 26.2 Å². The van der Waals surface area contributed by atoms with E-state index in [2.05, 4.69) is 10.2 Å². The number of carbonyl (C=O) groups is 2. The maximum atomic E-state index is 13.0. The molecular formula is C21H33N3O4. The molecule has 0 spiro atoms. The van der Waals surface area contributed by atoms with Gasteiger partial charge in [0.25, 0.3) is 0 Å². The Bertz CT molecular complexity index is 678. The highest BCUT2D eigenvalue weighted by Gasteiger charge is 2.41. The predicted molar refractivity (Wildman–Crippen MR) is 109 cm³/mol. The molecule has 2 rings (SSSR count). The van der Waals surface area contributed by atoms with Crippen LogP contribution in [0, 0.1) is 5.92 Å². The first kappa shape index (κ1) is 22.0. The van der Waals surface area contributed by atoms with Crippen LogP contribution in [0.15, 0.2) is 18.2 Å². The minimum Gasteiger partial charge on any atom is -0.497 e. The average Bonchev–Trinajstić information content (AvgIpc) is 2.70. The Morgan fingerprint density at radius 3 is 2.64 bits per heavy atom. The lowest BCUT2D eigenvalue weighted by Crippen LogP contribution is -2.48. The van der Waals surface area contributed by atoms with Gasteiger partial charge in [-0.2, -0.15) is 0 Å². The molecule has 2 amide bonds. The van der Waals surface area contributed by atoms with Gasteiger partial charge in [-0.1, -0.05) is 0 Å². The molecule has 1 fully saturated rings. The van der Waals surface area contributed by atoms with Gasteiger partial charge in [0.2, 0.25) is 11.8 Å². The van der Waals surface area contributed by atoms with Crippen molar-refractivity contribution in [2.45, 2.75) is 32.2 Å². The van der Waals surface area contributed by atoms with E-state index in [4.69, 9.17) is 9.47 Å². The topological polar surface area (TPSA) is 71.1 Å². The van der Waals surface area contributed by atoms with Crippen LogP contribution in [-0.4, -0.2) is 69.6 Å². The Kier molecular flexibility index (Phi) is 8.11. The Hall–Kier alpha value is -2.28. The summed E-state index contributed by atoms with van der Waals surface area (Å²) in [7, 11) is 7.22. The molecule has 0 radical (unpaired) electrons. The van der Waals surface area contributed by atoms with Gasteiger partial charge < -0.3 is 24.6 Å². The Morgan fingerprint density at radius 1 is 1.29 bits per heavy atom. The third kappa shape index (κ3) is 5.16. The monoisotopic (exact) mass is 391 g/mol. The minimum atomic E-state index is -0.346. The summed E-state index contributed by atoms with van der Waals surface area (Å²) in [6.45, 7) is 4.03. The van der Waals surface area contributed by atoms with Crippen molar-refractivity contribution in [3.05, 3.63) is 23.8 Å². The number of rotatable bonds is 9. The Morgan fingerprint density at radius 2 is 2.04 bits per heavy atom. The van der Waals surface area contributed by atoms with Gasteiger partial charge in [0, 0.05) is 31.1 Å². The van der Waals surface area contributed by atoms with Crippen LogP contribution in [0.5, 0.6) is 11.5 Å². The number of benzene rings is 1. The molecule has 0 aliphatic carbocycles. The molecule has 1 saturated heterocycles. The van der Waals surface area contributed by atoms with Gasteiger partial charge in [-0.05, 0) is 52.5 Å². The highest BCUT2D eigenvalue weighted by Crippen LogP contribution is 2.41. The molecule has 2 atom stereocenters. The van der Waals surface area contributed by atoms with Crippen LogP contribution in [0.2, 0.25) is 0 Å². The Labute approximate surface area is 168 Å². The number of piperidine rings is 1. The molecule has 1 aromatic rings. The van der Waals surface area contributed by atoms with Crippen molar-refractivity contribution >= 4 is 11.8 Å². The molecule has 156 valence electrons. The van der Waals surface area contributed by atoms with E-state index in [1.807, 2.05) is 33.2 Å². The summed E-state index contributed by atoms with van der Waals surface area (Å²) in [6, 6.07) is 5.20. The molecule has 0 saturated carbocycles. The van der Waals surface area contributed by atoms with Crippen LogP contribution in [0.1, 0.15) is 37.8 Å². The van der Waals surface area contributed by atoms with Gasteiger partial charge in [0.15, 0.2) is 0 Å². The number of methoxy groups -OCH3 is 2. The average molecular weight is 392 g/mol. The molecule has 1 aliphatic rings. The largest absolute Gasteiger partial charge is 0.497 e. The molecule has 0 unspecified atom stereocenters. The van der Waals surface area contributed by atoms with E-state index >= 15 is 0 Å². The summed E-state index contributed by atoms with van der Waals surface area (Å²) in [5.41, 5.74) is 0.839. The van der Waals surface area contributed by atoms with E-state index in [0.717, 1.165) is 18.5 Å². The fraction of sp³-hybridized carbons (Fsp3) is 0.619. The minimum absolute atomic E-state index is 0.00687. The molecule has 1 aliphatic heterocycles. The van der Waals surface area contributed by atoms with Crippen molar-refractivity contribution in [3.63, 3.8) is 0 Å². The Balaban J connectivity index is 2.28. The molecule has 28 heavy (non-hydrogen) atoms. The van der Waals surface area contributed by atoms with Crippen LogP contribution in [0.3, 0.4) is 0 Å². The van der Waals surface area contributed by atoms with Crippen molar-refractivity contribution in [1.29, 1.82) is 0 Å². The lowest BCUT2D eigenvalue weighted by molar-refractivity contribution is -0.143. The fourth-order valence-electron chi connectivity index (χ4n) is 3.79. The van der Waals surface area contributed by atoms with Crippen molar-refractivity contribution < 1.29 is 19.1 Å². The first-order valence-corrected chi connectivity index (χ1v) is 9.86. The molecule has 7 heteroatoms. The van der Waals surface area contributed by atoms with E-state index in [0.29, 0.717) is 37.4 Å². The number of carbonyl (C=O) groups excluding carboxylic acids is 2. The first-order chi connectivity index (χ1) is 13.4. The van der Waals surface area contributed by atoms with Crippen molar-refractivity contribution in [2.24, 2.45) is 5.92 Å². The molecule has 1 N–H and O–H groups in total. The molecule has 0 aromatic heterocycles. The zero-order valence-electron chi connectivity index (χ0n) is 17.7. The lowest BCUT2D eigenvalue weighted by atomic mass is 9.83. The van der Waals surface area contributed by atoms with Crippen molar-refractivity contribution in [2.75, 3.05) is 47.9 Å². The standard InChI is InChI=1S/C21H33N3O4/c1-6-24-19(25)11-10-17(21(26)22-12-7-13-23(2)3)20(24)16-9-8-15(27-4)14-18(16)28-5/h8-9,14,17,20H,6-7,10-13H2,1-5H3,(H,22,26)/t17-,20+/m1/s1. The van der Waals surface area contributed by atoms with Gasteiger partial charge in [0.1, 0.15) is 11.5 Å². The number of amides is 2. The van der Waals surface area contributed by atoms with E-state index < -0.39 is 0 Å². The molecular weight excluding hydrogens is 358 g/mol. The summed E-state index contributed by atoms with van der Waals surface area (Å²) in [5, 5.41) is 3.06. The highest BCUT2D eigenvalue weighted by atomic mass is 16.5. The summed E-state index contributed by atoms with van der Waals surface area (Å²) in [4.78, 5) is 29.4. The summed E-state index contributed by atoms with van der Waals surface area (Å²) >= 11 is 0. The van der Waals surface area contributed by atoms with Crippen LogP contribution in [0.4, 0.5) is 0 Å². The van der Waals surface area contributed by atoms with Gasteiger partial charge >= 0.3 is 0 Å². The second-order valence-corrected chi connectivity index (χ2v) is 7.33. The summed E-state index contributed by atoms with van der Waals surface area (Å²) < 4.78 is 10.9. The van der Waals surface area contributed by atoms with E-state index in [1.165, 1.54) is 0 Å². The maximum Gasteiger partial charge on any atom is 0.225 e. The molecule has 1 aromatic carbocycles. The van der Waals surface area contributed by atoms with E-state index in [1.54, 1.807) is 25.2 Å². The molecule has 7 nitrogen and oxygen atoms in total. The van der Waals surface area contributed by atoms with Gasteiger partial charge in [-0.3, -0.25) is 9.59 Å². The quantitative estimate of drug-likeness (QED) is 0.653. The number of ether oxygens (including phenoxy) is 2. The highest BCUT2D eigenvalue weighted by molar-refractivity contribution is 5.85. The third-order valence-electron chi connectivity index (χ3n) is 5.22. The number of hydrogen-bond donors (Lipinski definition) is 1. The van der Waals surface area contributed by atoms with Crippen molar-refractivity contribution in [3.8, 4) is 11.5 Å². The maximum absolute atomic E-state index is 13.0. The fourth-order valence-corrected chi connectivity index (χ4v) is 3.79. The second-order valence-electron chi connectivity index (χ2n) is 7.33. The van der Waals surface area contributed by atoms with Crippen LogP contribution >= 0.6 is 0 Å². The third-order valence-corrected chi connectivity index (χ3v) is 5.22. The van der Waals surface area contributed by atoms with Gasteiger partial charge in [-0.25, -0.2) is 0 Å². The van der Waals surface area contributed by atoms with Gasteiger partial charge in [-0.15, -0.1) is 0 Å². The van der Waals surface area contributed by atoms with Crippen LogP contribution in [-0.2, 0) is 9.59 Å². The van der Waals surface area contributed by atoms with E-state index in [-0.39, 0.29) is 23.8 Å². The normalized spacial score (nSPS) is 19.6. The zero-order valence-corrected chi connectivity index (χ0v) is 17.7. The SMILES string of the molecule is CCN1C(=O)CC[C@@H](C(=O)NCCCN(C)C)[C@@H]1c1ccc(OC)cc1OC. The second kappa shape index (κ2) is 10.3. The smallest absolute Gasteiger partial charge is 0.225 e. The predicted octanol–water partition coefficient (Wildman–Crippen LogP) is 2.07. The van der Waals surface area contributed by atoms with Crippen LogP contribution in [0.25, 0.3) is 0 Å².